The minimum atomic E-state index is -1.36. The molecule has 1 aromatic carbocycles. The number of benzene rings is 1. The summed E-state index contributed by atoms with van der Waals surface area (Å²) in [5.41, 5.74) is 5.86. The predicted octanol–water partition coefficient (Wildman–Crippen LogP) is 0.755. The van der Waals surface area contributed by atoms with Gasteiger partial charge in [0.25, 0.3) is 5.56 Å². The molecular formula is C17H18N6O3. The van der Waals surface area contributed by atoms with E-state index < -0.39 is 11.7 Å². The molecule has 0 fully saturated rings. The average molecular weight is 354 g/mol. The van der Waals surface area contributed by atoms with Crippen LogP contribution in [0.5, 0.6) is 0 Å². The first-order valence-electron chi connectivity index (χ1n) is 8.11. The number of rotatable bonds is 3. The van der Waals surface area contributed by atoms with Gasteiger partial charge in [-0.15, -0.1) is 0 Å². The van der Waals surface area contributed by atoms with E-state index in [1.165, 1.54) is 11.1 Å². The Labute approximate surface area is 149 Å². The van der Waals surface area contributed by atoms with Crippen molar-refractivity contribution in [2.75, 3.05) is 23.5 Å². The lowest BCUT2D eigenvalue weighted by Gasteiger charge is -2.23. The first-order chi connectivity index (χ1) is 12.5. The zero-order valence-electron chi connectivity index (χ0n) is 14.2. The Morgan fingerprint density at radius 3 is 2.42 bits per heavy atom. The predicted molar refractivity (Wildman–Crippen MR) is 94.5 cm³/mol. The van der Waals surface area contributed by atoms with E-state index in [9.17, 15) is 14.9 Å². The third kappa shape index (κ3) is 3.30. The van der Waals surface area contributed by atoms with Crippen molar-refractivity contribution in [1.82, 2.24) is 15.1 Å². The molecule has 0 bridgehead atoms. The summed E-state index contributed by atoms with van der Waals surface area (Å²) in [6.07, 6.45) is 0.233. The van der Waals surface area contributed by atoms with Crippen LogP contribution in [0.4, 0.5) is 10.6 Å². The molecular weight excluding hydrogens is 336 g/mol. The SMILES string of the molecule is Cc1nc(N2CCc3ccccc3CC2)c(C#N)c(=O)n1NNC(=O)O. The molecule has 0 saturated carbocycles. The number of hydrazine groups is 1. The second kappa shape index (κ2) is 7.14. The van der Waals surface area contributed by atoms with Crippen molar-refractivity contribution in [2.24, 2.45) is 0 Å². The second-order valence-corrected chi connectivity index (χ2v) is 5.91. The topological polar surface area (TPSA) is 123 Å². The molecule has 2 aromatic rings. The maximum absolute atomic E-state index is 12.6. The van der Waals surface area contributed by atoms with Crippen molar-refractivity contribution < 1.29 is 9.90 Å². The first kappa shape index (κ1) is 17.3. The highest BCUT2D eigenvalue weighted by molar-refractivity contribution is 5.64. The van der Waals surface area contributed by atoms with Crippen LogP contribution in [0.1, 0.15) is 22.5 Å². The highest BCUT2D eigenvalue weighted by Crippen LogP contribution is 2.21. The Morgan fingerprint density at radius 1 is 1.27 bits per heavy atom. The molecule has 0 saturated heterocycles. The molecule has 1 aromatic heterocycles. The third-order valence-corrected chi connectivity index (χ3v) is 4.34. The van der Waals surface area contributed by atoms with Gasteiger partial charge in [0.15, 0.2) is 11.4 Å². The van der Waals surface area contributed by atoms with Crippen LogP contribution < -0.4 is 21.4 Å². The van der Waals surface area contributed by atoms with Crippen LogP contribution in [0, 0.1) is 18.3 Å². The largest absolute Gasteiger partial charge is 0.464 e. The molecule has 0 unspecified atom stereocenters. The van der Waals surface area contributed by atoms with E-state index in [0.29, 0.717) is 18.9 Å². The summed E-state index contributed by atoms with van der Waals surface area (Å²) in [5, 5.41) is 18.1. The number of carbonyl (C=O) groups is 1. The zero-order chi connectivity index (χ0) is 18.7. The molecule has 0 aliphatic carbocycles. The fourth-order valence-corrected chi connectivity index (χ4v) is 3.06. The maximum Gasteiger partial charge on any atom is 0.424 e. The molecule has 0 atom stereocenters. The van der Waals surface area contributed by atoms with Crippen LogP contribution in [0.2, 0.25) is 0 Å². The van der Waals surface area contributed by atoms with Gasteiger partial charge in [0.05, 0.1) is 0 Å². The van der Waals surface area contributed by atoms with Crippen LogP contribution >= 0.6 is 0 Å². The number of aryl methyl sites for hydroxylation is 1. The van der Waals surface area contributed by atoms with E-state index in [0.717, 1.165) is 17.5 Å². The zero-order valence-corrected chi connectivity index (χ0v) is 14.2. The number of nitrogens with zero attached hydrogens (tertiary/aromatic N) is 4. The van der Waals surface area contributed by atoms with Crippen molar-refractivity contribution in [3.8, 4) is 6.07 Å². The Kier molecular flexibility index (Phi) is 4.75. The number of amides is 1. The Hall–Kier alpha value is -3.54. The summed E-state index contributed by atoms with van der Waals surface area (Å²) in [7, 11) is 0. The number of nitrogens with one attached hydrogen (secondary N) is 2. The summed E-state index contributed by atoms with van der Waals surface area (Å²) in [6.45, 7) is 2.85. The second-order valence-electron chi connectivity index (χ2n) is 5.91. The quantitative estimate of drug-likeness (QED) is 0.695. The molecule has 1 amide bonds. The van der Waals surface area contributed by atoms with E-state index in [1.807, 2.05) is 28.5 Å². The van der Waals surface area contributed by atoms with Gasteiger partial charge in [-0.05, 0) is 30.9 Å². The van der Waals surface area contributed by atoms with E-state index >= 15 is 0 Å². The van der Waals surface area contributed by atoms with Gasteiger partial charge in [0, 0.05) is 13.1 Å². The van der Waals surface area contributed by atoms with Gasteiger partial charge >= 0.3 is 6.09 Å². The standard InChI is InChI=1S/C17H18N6O3/c1-11-19-15(14(10-18)16(24)23(11)21-20-17(25)26)22-8-6-12-4-2-3-5-13(12)7-9-22/h2-5,20-21H,6-9H2,1H3,(H,25,26). The molecule has 9 heteroatoms. The summed E-state index contributed by atoms with van der Waals surface area (Å²) in [5.74, 6) is 0.579. The number of aromatic nitrogens is 2. The highest BCUT2D eigenvalue weighted by Gasteiger charge is 2.22. The van der Waals surface area contributed by atoms with Crippen LogP contribution in [-0.4, -0.2) is 33.9 Å². The van der Waals surface area contributed by atoms with Gasteiger partial charge in [0.1, 0.15) is 11.9 Å². The molecule has 1 aliphatic rings. The lowest BCUT2D eigenvalue weighted by Crippen LogP contribution is -2.44. The molecule has 1 aliphatic heterocycles. The number of nitriles is 1. The molecule has 0 radical (unpaired) electrons. The average Bonchev–Trinajstić information content (AvgIpc) is 2.83. The lowest BCUT2D eigenvalue weighted by atomic mass is 10.0. The van der Waals surface area contributed by atoms with Gasteiger partial charge in [-0.25, -0.2) is 20.7 Å². The van der Waals surface area contributed by atoms with Gasteiger partial charge < -0.3 is 10.0 Å². The number of carboxylic acid groups (broad SMARTS) is 1. The number of hydrogen-bond donors (Lipinski definition) is 3. The third-order valence-electron chi connectivity index (χ3n) is 4.34. The number of fused-ring (bicyclic) bond motifs is 1. The maximum atomic E-state index is 12.6. The van der Waals surface area contributed by atoms with Crippen molar-refractivity contribution in [1.29, 1.82) is 5.26 Å². The van der Waals surface area contributed by atoms with Gasteiger partial charge in [-0.1, -0.05) is 24.3 Å². The molecule has 134 valence electrons. The van der Waals surface area contributed by atoms with E-state index in [2.05, 4.69) is 22.7 Å². The molecule has 9 nitrogen and oxygen atoms in total. The van der Waals surface area contributed by atoms with E-state index in [1.54, 1.807) is 6.92 Å². The van der Waals surface area contributed by atoms with Gasteiger partial charge in [-0.2, -0.15) is 9.94 Å². The Morgan fingerprint density at radius 2 is 1.88 bits per heavy atom. The van der Waals surface area contributed by atoms with Gasteiger partial charge in [-0.3, -0.25) is 4.79 Å². The smallest absolute Gasteiger partial charge is 0.424 e. The molecule has 26 heavy (non-hydrogen) atoms. The number of hydrogen-bond acceptors (Lipinski definition) is 6. The summed E-state index contributed by atoms with van der Waals surface area (Å²) in [6, 6.07) is 10.1. The summed E-state index contributed by atoms with van der Waals surface area (Å²) < 4.78 is 0.906. The summed E-state index contributed by atoms with van der Waals surface area (Å²) in [4.78, 5) is 29.5. The normalized spacial score (nSPS) is 13.3. The molecule has 3 N–H and O–H groups in total. The first-order valence-corrected chi connectivity index (χ1v) is 8.11. The Balaban J connectivity index is 1.95. The minimum absolute atomic E-state index is 0.124. The highest BCUT2D eigenvalue weighted by atomic mass is 16.4. The van der Waals surface area contributed by atoms with E-state index in [-0.39, 0.29) is 11.4 Å². The molecule has 3 rings (SSSR count). The van der Waals surface area contributed by atoms with E-state index in [4.69, 9.17) is 5.11 Å². The minimum Gasteiger partial charge on any atom is -0.464 e. The fraction of sp³-hybridized carbons (Fsp3) is 0.294. The van der Waals surface area contributed by atoms with Gasteiger partial charge in [0.2, 0.25) is 0 Å². The Bertz CT molecular complexity index is 919. The van der Waals surface area contributed by atoms with Crippen LogP contribution in [0.25, 0.3) is 0 Å². The fourth-order valence-electron chi connectivity index (χ4n) is 3.06. The van der Waals surface area contributed by atoms with Crippen molar-refractivity contribution in [3.63, 3.8) is 0 Å². The van der Waals surface area contributed by atoms with Crippen molar-refractivity contribution in [3.05, 3.63) is 57.1 Å². The summed E-state index contributed by atoms with van der Waals surface area (Å²) >= 11 is 0. The van der Waals surface area contributed by atoms with Crippen molar-refractivity contribution in [2.45, 2.75) is 19.8 Å². The van der Waals surface area contributed by atoms with Crippen LogP contribution in [0.15, 0.2) is 29.1 Å². The monoisotopic (exact) mass is 354 g/mol. The lowest BCUT2D eigenvalue weighted by molar-refractivity contribution is 0.195. The van der Waals surface area contributed by atoms with Crippen LogP contribution in [0.3, 0.4) is 0 Å². The number of anilines is 1. The molecule has 0 spiro atoms. The van der Waals surface area contributed by atoms with Crippen molar-refractivity contribution >= 4 is 11.9 Å². The molecule has 2 heterocycles. The van der Waals surface area contributed by atoms with Crippen LogP contribution in [-0.2, 0) is 12.8 Å².